The molecule has 0 aliphatic carbocycles. The highest BCUT2D eigenvalue weighted by Gasteiger charge is 2.61. The van der Waals surface area contributed by atoms with Gasteiger partial charge in [0.15, 0.2) is 5.90 Å². The fourth-order valence-electron chi connectivity index (χ4n) is 5.17. The number of halogens is 2. The molecule has 1 heterocycles. The summed E-state index contributed by atoms with van der Waals surface area (Å²) in [5.74, 6) is 1.24. The SMILES string of the molecule is C=C1C[P+](c2ccccc2)(c2ccccc2)C[P+](c2ccccc2)(c2ccccc2)C1.[I-].[I-]. The normalized spacial score (nSPS) is 16.2. The Balaban J connectivity index is 0.00000153. The van der Waals surface area contributed by atoms with Crippen LogP contribution in [0, 0.1) is 0 Å². The maximum atomic E-state index is 4.66. The number of rotatable bonds is 4. The molecule has 1 fully saturated rings. The zero-order valence-electron chi connectivity index (χ0n) is 18.5. The molecule has 0 radical (unpaired) electrons. The van der Waals surface area contributed by atoms with Gasteiger partial charge in [-0.3, -0.25) is 0 Å². The fraction of sp³-hybridized carbons (Fsp3) is 0.103. The molecule has 33 heavy (non-hydrogen) atoms. The molecule has 0 saturated carbocycles. The van der Waals surface area contributed by atoms with E-state index >= 15 is 0 Å². The zero-order valence-corrected chi connectivity index (χ0v) is 24.6. The van der Waals surface area contributed by atoms with Crippen LogP contribution in [0.5, 0.6) is 0 Å². The Kier molecular flexibility index (Phi) is 9.31. The molecule has 168 valence electrons. The third-order valence-electron chi connectivity index (χ3n) is 6.47. The van der Waals surface area contributed by atoms with Crippen LogP contribution in [0.4, 0.5) is 0 Å². The first kappa shape index (κ1) is 26.5. The summed E-state index contributed by atoms with van der Waals surface area (Å²) in [6.07, 6.45) is 2.23. The monoisotopic (exact) mass is 692 g/mol. The topological polar surface area (TPSA) is 0 Å². The fourth-order valence-corrected chi connectivity index (χ4v) is 18.1. The third-order valence-corrected chi connectivity index (χ3v) is 17.5. The first-order chi connectivity index (χ1) is 15.2. The average Bonchev–Trinajstić information content (AvgIpc) is 2.86. The van der Waals surface area contributed by atoms with Gasteiger partial charge in [0.25, 0.3) is 0 Å². The average molecular weight is 692 g/mol. The summed E-state index contributed by atoms with van der Waals surface area (Å²) in [6, 6.07) is 45.2. The van der Waals surface area contributed by atoms with Crippen molar-refractivity contribution in [3.05, 3.63) is 133 Å². The Morgan fingerprint density at radius 3 is 0.909 bits per heavy atom. The van der Waals surface area contributed by atoms with Gasteiger partial charge in [0.2, 0.25) is 0 Å². The summed E-state index contributed by atoms with van der Waals surface area (Å²) >= 11 is 0. The minimum Gasteiger partial charge on any atom is -1.00 e. The molecule has 0 N–H and O–H groups in total. The van der Waals surface area contributed by atoms with E-state index in [4.69, 9.17) is 0 Å². The van der Waals surface area contributed by atoms with E-state index in [0.717, 1.165) is 12.3 Å². The Morgan fingerprint density at radius 1 is 0.424 bits per heavy atom. The van der Waals surface area contributed by atoms with Crippen molar-refractivity contribution in [1.29, 1.82) is 0 Å². The van der Waals surface area contributed by atoms with Crippen molar-refractivity contribution in [1.82, 2.24) is 0 Å². The smallest absolute Gasteiger partial charge is 0.179 e. The van der Waals surface area contributed by atoms with Crippen molar-refractivity contribution in [3.8, 4) is 0 Å². The van der Waals surface area contributed by atoms with E-state index in [0.29, 0.717) is 0 Å². The van der Waals surface area contributed by atoms with Crippen molar-refractivity contribution in [2.24, 2.45) is 0 Å². The first-order valence-corrected chi connectivity index (χ1v) is 15.2. The molecule has 5 rings (SSSR count). The van der Waals surface area contributed by atoms with Crippen LogP contribution < -0.4 is 69.2 Å². The Labute approximate surface area is 233 Å². The second-order valence-corrected chi connectivity index (χ2v) is 16.2. The molecule has 0 spiro atoms. The summed E-state index contributed by atoms with van der Waals surface area (Å²) in [4.78, 5) is 0. The van der Waals surface area contributed by atoms with Gasteiger partial charge in [0.1, 0.15) is 35.7 Å². The molecule has 4 heteroatoms. The minimum absolute atomic E-state index is 0. The number of hydrogen-bond donors (Lipinski definition) is 0. The van der Waals surface area contributed by atoms with Gasteiger partial charge in [0, 0.05) is 0 Å². The van der Waals surface area contributed by atoms with E-state index in [-0.39, 0.29) is 48.0 Å². The summed E-state index contributed by atoms with van der Waals surface area (Å²) in [6.45, 7) is 4.66. The summed E-state index contributed by atoms with van der Waals surface area (Å²) < 4.78 is 0. The van der Waals surface area contributed by atoms with Crippen LogP contribution >= 0.6 is 14.5 Å². The standard InChI is InChI=1S/C29H28P2.2HI/c1-25-22-30(26-14-6-2-7-15-26,27-16-8-3-9-17-27)24-31(23-25,28-18-10-4-11-19-28)29-20-12-5-13-21-29;;/h2-21H,1,22-24H2;2*1H/q+2;;/p-2. The summed E-state index contributed by atoms with van der Waals surface area (Å²) in [5, 5.41) is 6.05. The van der Waals surface area contributed by atoms with Gasteiger partial charge in [-0.25, -0.2) is 0 Å². The lowest BCUT2D eigenvalue weighted by molar-refractivity contribution is -0.00100. The van der Waals surface area contributed by atoms with Crippen molar-refractivity contribution in [3.63, 3.8) is 0 Å². The van der Waals surface area contributed by atoms with Gasteiger partial charge >= 0.3 is 0 Å². The van der Waals surface area contributed by atoms with Crippen LogP contribution in [0.2, 0.25) is 0 Å². The number of hydrogen-bond acceptors (Lipinski definition) is 0. The van der Waals surface area contributed by atoms with Crippen LogP contribution in [-0.2, 0) is 0 Å². The number of allylic oxidation sites excluding steroid dienone is 1. The van der Waals surface area contributed by atoms with Gasteiger partial charge in [-0.15, -0.1) is 0 Å². The Morgan fingerprint density at radius 2 is 0.667 bits per heavy atom. The Hall–Kier alpha value is -1.06. The quantitative estimate of drug-likeness (QED) is 0.159. The van der Waals surface area contributed by atoms with Crippen LogP contribution in [-0.4, -0.2) is 18.2 Å². The van der Waals surface area contributed by atoms with Crippen LogP contribution in [0.1, 0.15) is 0 Å². The molecular formula is C29H28I2P2. The van der Waals surface area contributed by atoms with Crippen molar-refractivity contribution in [2.45, 2.75) is 0 Å². The van der Waals surface area contributed by atoms with E-state index < -0.39 is 14.5 Å². The molecule has 1 aliphatic rings. The second kappa shape index (κ2) is 11.6. The molecule has 0 atom stereocenters. The van der Waals surface area contributed by atoms with E-state index in [1.165, 1.54) is 32.7 Å². The molecular weight excluding hydrogens is 664 g/mol. The second-order valence-electron chi connectivity index (χ2n) is 8.49. The highest BCUT2D eigenvalue weighted by atomic mass is 127. The van der Waals surface area contributed by atoms with Crippen molar-refractivity contribution < 1.29 is 48.0 Å². The first-order valence-electron chi connectivity index (χ1n) is 10.9. The van der Waals surface area contributed by atoms with Crippen LogP contribution in [0.3, 0.4) is 0 Å². The molecule has 4 aromatic rings. The Bertz CT molecular complexity index is 991. The molecule has 0 nitrogen and oxygen atoms in total. The van der Waals surface area contributed by atoms with E-state index in [1.807, 2.05) is 0 Å². The van der Waals surface area contributed by atoms with Crippen LogP contribution in [0.25, 0.3) is 0 Å². The highest BCUT2D eigenvalue weighted by Crippen LogP contribution is 2.76. The van der Waals surface area contributed by atoms with E-state index in [9.17, 15) is 0 Å². The predicted molar refractivity (Wildman–Crippen MR) is 142 cm³/mol. The van der Waals surface area contributed by atoms with Crippen molar-refractivity contribution >= 4 is 35.7 Å². The minimum atomic E-state index is -1.65. The van der Waals surface area contributed by atoms with Gasteiger partial charge in [-0.1, -0.05) is 79.4 Å². The molecule has 0 bridgehead atoms. The molecule has 1 aliphatic heterocycles. The summed E-state index contributed by atoms with van der Waals surface area (Å²) in [7, 11) is -3.31. The maximum absolute atomic E-state index is 4.66. The van der Waals surface area contributed by atoms with Gasteiger partial charge in [-0.2, -0.15) is 0 Å². The molecule has 4 aromatic carbocycles. The molecule has 1 saturated heterocycles. The molecule has 0 amide bonds. The maximum Gasteiger partial charge on any atom is 0.179 e. The third kappa shape index (κ3) is 5.15. The van der Waals surface area contributed by atoms with Gasteiger partial charge < -0.3 is 48.0 Å². The van der Waals surface area contributed by atoms with E-state index in [1.54, 1.807) is 0 Å². The number of benzene rings is 4. The molecule has 0 unspecified atom stereocenters. The largest absolute Gasteiger partial charge is 1.00 e. The van der Waals surface area contributed by atoms with Crippen molar-refractivity contribution in [2.75, 3.05) is 18.2 Å². The zero-order chi connectivity index (χ0) is 21.2. The summed E-state index contributed by atoms with van der Waals surface area (Å²) in [5.41, 5.74) is 1.41. The lowest BCUT2D eigenvalue weighted by Gasteiger charge is -2.39. The highest BCUT2D eigenvalue weighted by molar-refractivity contribution is 8.05. The molecule has 0 aromatic heterocycles. The van der Waals surface area contributed by atoms with E-state index in [2.05, 4.69) is 128 Å². The lowest BCUT2D eigenvalue weighted by Crippen LogP contribution is -3.00. The van der Waals surface area contributed by atoms with Gasteiger partial charge in [0.05, 0.1) is 12.3 Å². The predicted octanol–water partition coefficient (Wildman–Crippen LogP) is -0.141. The van der Waals surface area contributed by atoms with Gasteiger partial charge in [-0.05, 0) is 54.1 Å². The van der Waals surface area contributed by atoms with Crippen LogP contribution in [0.15, 0.2) is 133 Å². The lowest BCUT2D eigenvalue weighted by atomic mass is 10.4.